The summed E-state index contributed by atoms with van der Waals surface area (Å²) in [6.07, 6.45) is 6.52. The molecule has 0 amide bonds. The molecule has 0 atom stereocenters. The van der Waals surface area contributed by atoms with Gasteiger partial charge in [0.2, 0.25) is 0 Å². The van der Waals surface area contributed by atoms with Crippen LogP contribution in [0.2, 0.25) is 0 Å². The maximum atomic E-state index is 10.9. The molecule has 3 heterocycles. The monoisotopic (exact) mass is 295 g/mol. The Balaban J connectivity index is 1.94. The molecule has 22 heavy (non-hydrogen) atoms. The molecule has 0 aliphatic heterocycles. The fraction of sp³-hybridized carbons (Fsp3) is 0.133. The quantitative estimate of drug-likeness (QED) is 0.793. The van der Waals surface area contributed by atoms with Gasteiger partial charge in [0.05, 0.1) is 11.4 Å². The van der Waals surface area contributed by atoms with Gasteiger partial charge in [-0.1, -0.05) is 6.08 Å². The zero-order valence-corrected chi connectivity index (χ0v) is 12.1. The van der Waals surface area contributed by atoms with Crippen LogP contribution in [0.4, 0.5) is 0 Å². The Bertz CT molecular complexity index is 898. The second-order valence-electron chi connectivity index (χ2n) is 4.82. The van der Waals surface area contributed by atoms with Crippen LogP contribution < -0.4 is 0 Å². The summed E-state index contributed by atoms with van der Waals surface area (Å²) in [4.78, 5) is 23.0. The Morgan fingerprint density at radius 1 is 1.23 bits per heavy atom. The minimum atomic E-state index is -1.08. The number of hydrogen-bond donors (Lipinski definition) is 1. The lowest BCUT2D eigenvalue weighted by Crippen LogP contribution is -2.00. The number of hydrogen-bond acceptors (Lipinski definition) is 5. The normalized spacial score (nSPS) is 11.4. The summed E-state index contributed by atoms with van der Waals surface area (Å²) in [5, 5.41) is 14.2. The van der Waals surface area contributed by atoms with Gasteiger partial charge in [0, 0.05) is 18.6 Å². The Morgan fingerprint density at radius 2 is 2.05 bits per heavy atom. The molecule has 7 nitrogen and oxygen atoms in total. The van der Waals surface area contributed by atoms with E-state index in [0.29, 0.717) is 5.69 Å². The first-order valence-corrected chi connectivity index (χ1v) is 6.57. The third-order valence-corrected chi connectivity index (χ3v) is 3.24. The van der Waals surface area contributed by atoms with Crippen LogP contribution in [0.25, 0.3) is 23.2 Å². The van der Waals surface area contributed by atoms with E-state index < -0.39 is 5.97 Å². The Hall–Kier alpha value is -3.09. The van der Waals surface area contributed by atoms with Crippen LogP contribution in [0.5, 0.6) is 0 Å². The molecule has 0 spiro atoms. The number of aromatic carboxylic acids is 1. The van der Waals surface area contributed by atoms with Crippen LogP contribution in [0, 0.1) is 6.92 Å². The van der Waals surface area contributed by atoms with Gasteiger partial charge in [-0.25, -0.2) is 19.7 Å². The van der Waals surface area contributed by atoms with Crippen molar-refractivity contribution < 1.29 is 9.90 Å². The van der Waals surface area contributed by atoms with Gasteiger partial charge in [-0.2, -0.15) is 5.10 Å². The summed E-state index contributed by atoms with van der Waals surface area (Å²) in [5.41, 5.74) is 3.11. The van der Waals surface area contributed by atoms with Gasteiger partial charge in [-0.15, -0.1) is 0 Å². The van der Waals surface area contributed by atoms with Crippen molar-refractivity contribution in [3.05, 3.63) is 47.3 Å². The summed E-state index contributed by atoms with van der Waals surface area (Å²) in [6.45, 7) is 1.93. The number of carboxylic acids is 1. The summed E-state index contributed by atoms with van der Waals surface area (Å²) < 4.78 is 1.74. The molecule has 3 rings (SSSR count). The number of aryl methyl sites for hydroxylation is 2. The van der Waals surface area contributed by atoms with Gasteiger partial charge in [0.25, 0.3) is 0 Å². The molecule has 0 radical (unpaired) electrons. The first kappa shape index (κ1) is 13.9. The van der Waals surface area contributed by atoms with Crippen LogP contribution in [0.15, 0.2) is 24.7 Å². The third-order valence-electron chi connectivity index (χ3n) is 3.24. The van der Waals surface area contributed by atoms with Gasteiger partial charge in [0.15, 0.2) is 11.3 Å². The molecule has 0 aromatic carbocycles. The van der Waals surface area contributed by atoms with E-state index in [2.05, 4.69) is 20.1 Å². The molecule has 7 heteroatoms. The van der Waals surface area contributed by atoms with Gasteiger partial charge < -0.3 is 5.11 Å². The first-order chi connectivity index (χ1) is 10.5. The SMILES string of the molecule is Cc1nn(C)c2ncc(/C=C/c3cc(C(=O)O)ncn3)cc12. The maximum Gasteiger partial charge on any atom is 0.354 e. The number of aromatic nitrogens is 5. The van der Waals surface area contributed by atoms with E-state index in [1.54, 1.807) is 17.0 Å². The molecule has 0 unspecified atom stereocenters. The Labute approximate surface area is 126 Å². The van der Waals surface area contributed by atoms with Crippen molar-refractivity contribution in [3.8, 4) is 0 Å². The summed E-state index contributed by atoms with van der Waals surface area (Å²) in [7, 11) is 1.85. The first-order valence-electron chi connectivity index (χ1n) is 6.57. The standard InChI is InChI=1S/C15H13N5O2/c1-9-12-5-10(7-16-14(12)20(2)19-9)3-4-11-6-13(15(21)22)18-8-17-11/h3-8H,1-2H3,(H,21,22)/b4-3+. The zero-order valence-electron chi connectivity index (χ0n) is 12.1. The fourth-order valence-corrected chi connectivity index (χ4v) is 2.18. The Morgan fingerprint density at radius 3 is 2.82 bits per heavy atom. The van der Waals surface area contributed by atoms with Crippen molar-refractivity contribution in [2.24, 2.45) is 7.05 Å². The fourth-order valence-electron chi connectivity index (χ4n) is 2.18. The number of rotatable bonds is 3. The van der Waals surface area contributed by atoms with Crippen molar-refractivity contribution in [2.75, 3.05) is 0 Å². The van der Waals surface area contributed by atoms with Crippen LogP contribution in [0.3, 0.4) is 0 Å². The average molecular weight is 295 g/mol. The molecule has 0 bridgehead atoms. The van der Waals surface area contributed by atoms with Gasteiger partial charge >= 0.3 is 5.97 Å². The molecular weight excluding hydrogens is 282 g/mol. The lowest BCUT2D eigenvalue weighted by molar-refractivity contribution is 0.0690. The molecular formula is C15H13N5O2. The van der Waals surface area contributed by atoms with Crippen molar-refractivity contribution >= 4 is 29.2 Å². The second-order valence-corrected chi connectivity index (χ2v) is 4.82. The van der Waals surface area contributed by atoms with E-state index >= 15 is 0 Å². The Kier molecular flexibility index (Phi) is 3.38. The summed E-state index contributed by atoms with van der Waals surface area (Å²) >= 11 is 0. The van der Waals surface area contributed by atoms with E-state index in [4.69, 9.17) is 5.11 Å². The summed E-state index contributed by atoms with van der Waals surface area (Å²) in [5.74, 6) is -1.08. The highest BCUT2D eigenvalue weighted by Gasteiger charge is 2.06. The molecule has 0 aliphatic carbocycles. The molecule has 0 fully saturated rings. The van der Waals surface area contributed by atoms with E-state index in [1.165, 1.54) is 12.4 Å². The maximum absolute atomic E-state index is 10.9. The average Bonchev–Trinajstić information content (AvgIpc) is 2.80. The number of fused-ring (bicyclic) bond motifs is 1. The molecule has 3 aromatic heterocycles. The molecule has 0 saturated carbocycles. The number of carbonyl (C=O) groups is 1. The van der Waals surface area contributed by atoms with E-state index in [9.17, 15) is 4.79 Å². The number of carboxylic acid groups (broad SMARTS) is 1. The molecule has 0 aliphatic rings. The minimum Gasteiger partial charge on any atom is -0.477 e. The lowest BCUT2D eigenvalue weighted by Gasteiger charge is -1.97. The van der Waals surface area contributed by atoms with Crippen molar-refractivity contribution in [1.29, 1.82) is 0 Å². The van der Waals surface area contributed by atoms with Gasteiger partial charge in [-0.05, 0) is 30.7 Å². The third kappa shape index (κ3) is 2.56. The van der Waals surface area contributed by atoms with E-state index in [0.717, 1.165) is 22.3 Å². The van der Waals surface area contributed by atoms with Crippen LogP contribution in [0.1, 0.15) is 27.4 Å². The van der Waals surface area contributed by atoms with E-state index in [1.807, 2.05) is 26.1 Å². The second kappa shape index (κ2) is 5.36. The van der Waals surface area contributed by atoms with Crippen molar-refractivity contribution in [1.82, 2.24) is 24.7 Å². The zero-order chi connectivity index (χ0) is 15.7. The molecule has 3 aromatic rings. The molecule has 0 saturated heterocycles. The largest absolute Gasteiger partial charge is 0.477 e. The van der Waals surface area contributed by atoms with Crippen LogP contribution in [-0.4, -0.2) is 35.8 Å². The predicted octanol–water partition coefficient (Wildman–Crippen LogP) is 1.94. The van der Waals surface area contributed by atoms with Gasteiger partial charge in [-0.3, -0.25) is 4.68 Å². The van der Waals surface area contributed by atoms with E-state index in [-0.39, 0.29) is 5.69 Å². The predicted molar refractivity (Wildman–Crippen MR) is 81.2 cm³/mol. The van der Waals surface area contributed by atoms with Crippen molar-refractivity contribution in [3.63, 3.8) is 0 Å². The molecule has 110 valence electrons. The highest BCUT2D eigenvalue weighted by Crippen LogP contribution is 2.17. The highest BCUT2D eigenvalue weighted by atomic mass is 16.4. The lowest BCUT2D eigenvalue weighted by atomic mass is 10.2. The number of nitrogens with zero attached hydrogens (tertiary/aromatic N) is 5. The van der Waals surface area contributed by atoms with Crippen LogP contribution >= 0.6 is 0 Å². The van der Waals surface area contributed by atoms with Crippen LogP contribution in [-0.2, 0) is 7.05 Å². The summed E-state index contributed by atoms with van der Waals surface area (Å²) in [6, 6.07) is 3.40. The minimum absolute atomic E-state index is 0.0358. The molecule has 1 N–H and O–H groups in total. The highest BCUT2D eigenvalue weighted by molar-refractivity contribution is 5.86. The number of pyridine rings is 1. The smallest absolute Gasteiger partial charge is 0.354 e. The van der Waals surface area contributed by atoms with Gasteiger partial charge in [0.1, 0.15) is 6.33 Å². The van der Waals surface area contributed by atoms with Crippen molar-refractivity contribution in [2.45, 2.75) is 6.92 Å². The topological polar surface area (TPSA) is 93.8 Å².